The Labute approximate surface area is 94.6 Å². The lowest BCUT2D eigenvalue weighted by atomic mass is 9.93. The topological polar surface area (TPSA) is 32.5 Å². The Kier molecular flexibility index (Phi) is 5.58. The predicted molar refractivity (Wildman–Crippen MR) is 66.0 cm³/mol. The number of piperidine rings is 1. The summed E-state index contributed by atoms with van der Waals surface area (Å²) in [7, 11) is 4.41. The molecule has 0 bridgehead atoms. The quantitative estimate of drug-likeness (QED) is 0.739. The molecule has 0 aromatic carbocycles. The van der Waals surface area contributed by atoms with Crippen molar-refractivity contribution in [2.45, 2.75) is 32.2 Å². The molecule has 15 heavy (non-hydrogen) atoms. The number of hydrogen-bond donors (Lipinski definition) is 1. The van der Waals surface area contributed by atoms with Crippen molar-refractivity contribution in [1.29, 1.82) is 0 Å². The summed E-state index contributed by atoms with van der Waals surface area (Å²) in [5.41, 5.74) is 5.65. The summed E-state index contributed by atoms with van der Waals surface area (Å²) in [5.74, 6) is 0.939. The molecule has 0 saturated carbocycles. The van der Waals surface area contributed by atoms with Crippen LogP contribution in [0.3, 0.4) is 0 Å². The first-order chi connectivity index (χ1) is 7.13. The fourth-order valence-electron chi connectivity index (χ4n) is 2.14. The highest BCUT2D eigenvalue weighted by molar-refractivity contribution is 4.72. The predicted octanol–water partition coefficient (Wildman–Crippen LogP) is 0.997. The lowest BCUT2D eigenvalue weighted by molar-refractivity contribution is 0.183. The fourth-order valence-corrected chi connectivity index (χ4v) is 2.14. The molecule has 1 rings (SSSR count). The zero-order chi connectivity index (χ0) is 11.3. The van der Waals surface area contributed by atoms with E-state index in [1.165, 1.54) is 38.9 Å². The van der Waals surface area contributed by atoms with E-state index in [4.69, 9.17) is 5.73 Å². The van der Waals surface area contributed by atoms with E-state index in [-0.39, 0.29) is 0 Å². The number of nitrogens with two attached hydrogens (primary N) is 1. The summed E-state index contributed by atoms with van der Waals surface area (Å²) in [6.07, 6.45) is 4.09. The maximum Gasteiger partial charge on any atom is 0.0187 e. The first-order valence-corrected chi connectivity index (χ1v) is 6.22. The summed E-state index contributed by atoms with van der Waals surface area (Å²) >= 11 is 0. The highest BCUT2D eigenvalue weighted by atomic mass is 15.1. The SMILES string of the molecule is CC(CN)N(C)CCC1CCN(C)CC1. The monoisotopic (exact) mass is 213 g/mol. The van der Waals surface area contributed by atoms with E-state index < -0.39 is 0 Å². The van der Waals surface area contributed by atoms with Gasteiger partial charge in [-0.25, -0.2) is 0 Å². The molecule has 1 unspecified atom stereocenters. The average Bonchev–Trinajstić information content (AvgIpc) is 2.26. The van der Waals surface area contributed by atoms with Crippen molar-refractivity contribution in [3.05, 3.63) is 0 Å². The molecule has 3 nitrogen and oxygen atoms in total. The van der Waals surface area contributed by atoms with Gasteiger partial charge in [-0.2, -0.15) is 0 Å². The lowest BCUT2D eigenvalue weighted by Crippen LogP contribution is -2.37. The van der Waals surface area contributed by atoms with Gasteiger partial charge in [-0.05, 0) is 65.8 Å². The van der Waals surface area contributed by atoms with Crippen molar-refractivity contribution in [2.75, 3.05) is 40.3 Å². The third kappa shape index (κ3) is 4.49. The van der Waals surface area contributed by atoms with E-state index in [1.54, 1.807) is 0 Å². The van der Waals surface area contributed by atoms with Crippen molar-refractivity contribution in [3.8, 4) is 0 Å². The van der Waals surface area contributed by atoms with Crippen molar-refractivity contribution in [1.82, 2.24) is 9.80 Å². The Morgan fingerprint density at radius 3 is 2.53 bits per heavy atom. The van der Waals surface area contributed by atoms with Gasteiger partial charge in [-0.15, -0.1) is 0 Å². The Bertz CT molecular complexity index is 164. The van der Waals surface area contributed by atoms with Crippen LogP contribution in [0.2, 0.25) is 0 Å². The van der Waals surface area contributed by atoms with Crippen LogP contribution in [0.25, 0.3) is 0 Å². The standard InChI is InChI=1S/C12H27N3/c1-11(10-13)15(3)9-6-12-4-7-14(2)8-5-12/h11-12H,4-10,13H2,1-3H3. The fraction of sp³-hybridized carbons (Fsp3) is 1.00. The first-order valence-electron chi connectivity index (χ1n) is 6.22. The normalized spacial score (nSPS) is 22.2. The van der Waals surface area contributed by atoms with Crippen LogP contribution in [-0.2, 0) is 0 Å². The molecule has 0 aromatic heterocycles. The summed E-state index contributed by atoms with van der Waals surface area (Å²) in [4.78, 5) is 4.82. The van der Waals surface area contributed by atoms with Crippen molar-refractivity contribution < 1.29 is 0 Å². The minimum Gasteiger partial charge on any atom is -0.329 e. The van der Waals surface area contributed by atoms with Crippen LogP contribution in [0.4, 0.5) is 0 Å². The van der Waals surface area contributed by atoms with E-state index in [2.05, 4.69) is 30.8 Å². The minimum atomic E-state index is 0.524. The van der Waals surface area contributed by atoms with Crippen molar-refractivity contribution in [2.24, 2.45) is 11.7 Å². The highest BCUT2D eigenvalue weighted by Gasteiger charge is 2.17. The molecule has 0 amide bonds. The number of likely N-dealkylation sites (N-methyl/N-ethyl adjacent to an activating group) is 1. The van der Waals surface area contributed by atoms with Crippen LogP contribution >= 0.6 is 0 Å². The van der Waals surface area contributed by atoms with Gasteiger partial charge < -0.3 is 15.5 Å². The molecule has 0 radical (unpaired) electrons. The molecule has 3 heteroatoms. The number of likely N-dealkylation sites (tertiary alicyclic amines) is 1. The minimum absolute atomic E-state index is 0.524. The lowest BCUT2D eigenvalue weighted by Gasteiger charge is -2.31. The molecular weight excluding hydrogens is 186 g/mol. The van der Waals surface area contributed by atoms with Crippen LogP contribution in [-0.4, -0.2) is 56.1 Å². The van der Waals surface area contributed by atoms with Crippen LogP contribution < -0.4 is 5.73 Å². The van der Waals surface area contributed by atoms with E-state index in [0.29, 0.717) is 6.04 Å². The summed E-state index contributed by atoms with van der Waals surface area (Å²) in [6, 6.07) is 0.524. The first kappa shape index (κ1) is 12.9. The van der Waals surface area contributed by atoms with Gasteiger partial charge in [0.15, 0.2) is 0 Å². The van der Waals surface area contributed by atoms with Gasteiger partial charge in [-0.3, -0.25) is 0 Å². The molecule has 0 aliphatic carbocycles. The van der Waals surface area contributed by atoms with Gasteiger partial charge >= 0.3 is 0 Å². The highest BCUT2D eigenvalue weighted by Crippen LogP contribution is 2.19. The summed E-state index contributed by atoms with van der Waals surface area (Å²) in [6.45, 7) is 6.73. The van der Waals surface area contributed by atoms with E-state index in [9.17, 15) is 0 Å². The van der Waals surface area contributed by atoms with E-state index in [1.807, 2.05) is 0 Å². The number of rotatable bonds is 5. The van der Waals surface area contributed by atoms with Crippen LogP contribution in [0.1, 0.15) is 26.2 Å². The van der Waals surface area contributed by atoms with Crippen LogP contribution in [0, 0.1) is 5.92 Å². The Morgan fingerprint density at radius 1 is 1.40 bits per heavy atom. The van der Waals surface area contributed by atoms with Gasteiger partial charge in [0.05, 0.1) is 0 Å². The zero-order valence-corrected chi connectivity index (χ0v) is 10.6. The molecular formula is C12H27N3. The van der Waals surface area contributed by atoms with Crippen molar-refractivity contribution >= 4 is 0 Å². The molecule has 90 valence electrons. The van der Waals surface area contributed by atoms with Gasteiger partial charge in [0, 0.05) is 12.6 Å². The molecule has 0 spiro atoms. The molecule has 1 aliphatic rings. The smallest absolute Gasteiger partial charge is 0.0187 e. The molecule has 1 aliphatic heterocycles. The van der Waals surface area contributed by atoms with Gasteiger partial charge in [0.25, 0.3) is 0 Å². The zero-order valence-electron chi connectivity index (χ0n) is 10.6. The second kappa shape index (κ2) is 6.46. The van der Waals surface area contributed by atoms with Crippen LogP contribution in [0.5, 0.6) is 0 Å². The third-order valence-corrected chi connectivity index (χ3v) is 3.82. The largest absolute Gasteiger partial charge is 0.329 e. The maximum atomic E-state index is 5.65. The Balaban J connectivity index is 2.14. The third-order valence-electron chi connectivity index (χ3n) is 3.82. The van der Waals surface area contributed by atoms with Crippen molar-refractivity contribution in [3.63, 3.8) is 0 Å². The molecule has 1 atom stereocenters. The number of hydrogen-bond acceptors (Lipinski definition) is 3. The Hall–Kier alpha value is -0.120. The summed E-state index contributed by atoms with van der Waals surface area (Å²) in [5, 5.41) is 0. The molecule has 1 heterocycles. The van der Waals surface area contributed by atoms with E-state index >= 15 is 0 Å². The van der Waals surface area contributed by atoms with Crippen LogP contribution in [0.15, 0.2) is 0 Å². The van der Waals surface area contributed by atoms with E-state index in [0.717, 1.165) is 12.5 Å². The molecule has 2 N–H and O–H groups in total. The number of nitrogens with zero attached hydrogens (tertiary/aromatic N) is 2. The summed E-state index contributed by atoms with van der Waals surface area (Å²) < 4.78 is 0. The second-order valence-electron chi connectivity index (χ2n) is 5.10. The Morgan fingerprint density at radius 2 is 2.00 bits per heavy atom. The molecule has 1 saturated heterocycles. The molecule has 0 aromatic rings. The van der Waals surface area contributed by atoms with Gasteiger partial charge in [0.1, 0.15) is 0 Å². The maximum absolute atomic E-state index is 5.65. The second-order valence-corrected chi connectivity index (χ2v) is 5.10. The average molecular weight is 213 g/mol. The van der Waals surface area contributed by atoms with Gasteiger partial charge in [-0.1, -0.05) is 0 Å². The van der Waals surface area contributed by atoms with Gasteiger partial charge in [0.2, 0.25) is 0 Å². The molecule has 1 fully saturated rings.